The normalized spacial score (nSPS) is 14.3. The molecule has 0 radical (unpaired) electrons. The Labute approximate surface area is 244 Å². The Morgan fingerprint density at radius 3 is 2.22 bits per heavy atom. The summed E-state index contributed by atoms with van der Waals surface area (Å²) in [5.74, 6) is -4.91. The van der Waals surface area contributed by atoms with Gasteiger partial charge >= 0.3 is 0 Å². The molecule has 0 aliphatic rings. The Balaban J connectivity index is 1.63. The summed E-state index contributed by atoms with van der Waals surface area (Å²) in [5.41, 5.74) is 9.66. The van der Waals surface area contributed by atoms with Crippen molar-refractivity contribution >= 4 is 53.1 Å². The second-order valence-corrected chi connectivity index (χ2v) is 14.8. The zero-order valence-electron chi connectivity index (χ0n) is 22.6. The summed E-state index contributed by atoms with van der Waals surface area (Å²) in [7, 11) is -8.59. The van der Waals surface area contributed by atoms with E-state index in [1.807, 2.05) is 30.3 Å². The third-order valence-corrected chi connectivity index (χ3v) is 11.0. The summed E-state index contributed by atoms with van der Waals surface area (Å²) in [5, 5.41) is 0. The highest BCUT2D eigenvalue weighted by Crippen LogP contribution is 2.28. The van der Waals surface area contributed by atoms with Gasteiger partial charge in [-0.2, -0.15) is 0 Å². The maximum absolute atomic E-state index is 14.0. The van der Waals surface area contributed by atoms with Crippen molar-refractivity contribution in [3.63, 3.8) is 0 Å². The summed E-state index contributed by atoms with van der Waals surface area (Å²) < 4.78 is 55.2. The Hall–Kier alpha value is -3.45. The molecular weight excluding hydrogens is 583 g/mol. The molecule has 9 nitrogen and oxygen atoms in total. The van der Waals surface area contributed by atoms with Gasteiger partial charge in [-0.1, -0.05) is 74.5 Å². The first kappa shape index (κ1) is 30.5. The maximum Gasteiger partial charge on any atom is 0.267 e. The van der Waals surface area contributed by atoms with Crippen molar-refractivity contribution in [1.29, 1.82) is 0 Å². The highest BCUT2D eigenvalue weighted by Gasteiger charge is 2.40. The van der Waals surface area contributed by atoms with Crippen molar-refractivity contribution in [3.05, 3.63) is 95.5 Å². The molecule has 216 valence electrons. The van der Waals surface area contributed by atoms with Gasteiger partial charge in [-0.25, -0.2) is 26.1 Å². The molecule has 0 spiro atoms. The van der Waals surface area contributed by atoms with Gasteiger partial charge in [0.15, 0.2) is 15.6 Å². The number of sulfone groups is 1. The van der Waals surface area contributed by atoms with Crippen LogP contribution in [0.3, 0.4) is 0 Å². The molecule has 0 saturated heterocycles. The number of fused-ring (bicyclic) bond motifs is 1. The van der Waals surface area contributed by atoms with Gasteiger partial charge in [0.25, 0.3) is 10.0 Å². The van der Waals surface area contributed by atoms with Crippen LogP contribution < -0.4 is 5.73 Å². The molecule has 1 unspecified atom stereocenters. The number of nitrogens with two attached hydrogens (primary N) is 1. The van der Waals surface area contributed by atoms with E-state index >= 15 is 0 Å². The average molecular weight is 614 g/mol. The smallest absolute Gasteiger partial charge is 0.267 e. The minimum atomic E-state index is -4.51. The first-order chi connectivity index (χ1) is 19.4. The molecule has 12 heteroatoms. The van der Waals surface area contributed by atoms with Crippen LogP contribution in [-0.2, 0) is 31.1 Å². The molecule has 3 atom stereocenters. The molecule has 0 fully saturated rings. The third-order valence-electron chi connectivity index (χ3n) is 6.70. The number of carbonyl (C=O) groups excluding carboxylic acids is 2. The van der Waals surface area contributed by atoms with Crippen LogP contribution in [0, 0.1) is 11.8 Å². The van der Waals surface area contributed by atoms with Gasteiger partial charge in [0.2, 0.25) is 5.91 Å². The van der Waals surface area contributed by atoms with E-state index in [9.17, 15) is 26.4 Å². The molecule has 4 rings (SSSR count). The van der Waals surface area contributed by atoms with E-state index in [1.54, 1.807) is 36.7 Å². The SMILES string of the molecule is CC(CS(=O)(=O)CC(=O)c1ccccc1)C(=O)N([C@H](N)[C@@H](C)Cc1ccccc1)S(=O)(=O)c1ccc2scnc2c1. The Morgan fingerprint density at radius 1 is 0.927 bits per heavy atom. The van der Waals surface area contributed by atoms with Crippen LogP contribution in [0.25, 0.3) is 10.2 Å². The van der Waals surface area contributed by atoms with Gasteiger partial charge in [0.1, 0.15) is 5.75 Å². The van der Waals surface area contributed by atoms with Crippen molar-refractivity contribution in [2.75, 3.05) is 11.5 Å². The summed E-state index contributed by atoms with van der Waals surface area (Å²) in [4.78, 5) is 30.4. The van der Waals surface area contributed by atoms with Crippen LogP contribution >= 0.6 is 11.3 Å². The first-order valence-corrected chi connectivity index (χ1v) is 17.0. The van der Waals surface area contributed by atoms with Crippen LogP contribution in [0.4, 0.5) is 0 Å². The van der Waals surface area contributed by atoms with Crippen LogP contribution in [0.1, 0.15) is 29.8 Å². The highest BCUT2D eigenvalue weighted by atomic mass is 32.2. The lowest BCUT2D eigenvalue weighted by atomic mass is 9.98. The lowest BCUT2D eigenvalue weighted by Crippen LogP contribution is -2.55. The number of thiazole rings is 1. The highest BCUT2D eigenvalue weighted by molar-refractivity contribution is 7.92. The number of rotatable bonds is 12. The second-order valence-electron chi connectivity index (χ2n) is 10.0. The van der Waals surface area contributed by atoms with E-state index in [1.165, 1.54) is 42.5 Å². The van der Waals surface area contributed by atoms with Crippen molar-refractivity contribution in [3.8, 4) is 0 Å². The van der Waals surface area contributed by atoms with Crippen LogP contribution in [-0.4, -0.2) is 55.5 Å². The Bertz CT molecular complexity index is 1740. The second kappa shape index (κ2) is 12.6. The Morgan fingerprint density at radius 2 is 1.56 bits per heavy atom. The van der Waals surface area contributed by atoms with Gasteiger partial charge < -0.3 is 5.73 Å². The molecule has 1 aromatic heterocycles. The molecule has 2 N–H and O–H groups in total. The zero-order chi connectivity index (χ0) is 29.8. The van der Waals surface area contributed by atoms with Crippen molar-refractivity contribution in [2.24, 2.45) is 17.6 Å². The Kier molecular flexibility index (Phi) is 9.37. The number of amides is 1. The number of hydrogen-bond donors (Lipinski definition) is 1. The van der Waals surface area contributed by atoms with E-state index in [0.29, 0.717) is 16.2 Å². The molecule has 0 saturated carbocycles. The van der Waals surface area contributed by atoms with Crippen molar-refractivity contribution in [2.45, 2.75) is 31.3 Å². The summed E-state index contributed by atoms with van der Waals surface area (Å²) in [6.45, 7) is 3.06. The molecule has 41 heavy (non-hydrogen) atoms. The molecule has 3 aromatic carbocycles. The third kappa shape index (κ3) is 7.25. The lowest BCUT2D eigenvalue weighted by molar-refractivity contribution is -0.131. The number of sulfonamides is 1. The number of hydrogen-bond acceptors (Lipinski definition) is 9. The van der Waals surface area contributed by atoms with Crippen molar-refractivity contribution < 1.29 is 26.4 Å². The summed E-state index contributed by atoms with van der Waals surface area (Å²) >= 11 is 1.34. The van der Waals surface area contributed by atoms with Gasteiger partial charge in [0, 0.05) is 5.56 Å². The number of ketones is 1. The quantitative estimate of drug-likeness (QED) is 0.187. The fourth-order valence-corrected chi connectivity index (χ4v) is 8.43. The summed E-state index contributed by atoms with van der Waals surface area (Å²) in [6.07, 6.45) is -0.917. The lowest BCUT2D eigenvalue weighted by Gasteiger charge is -2.34. The predicted octanol–water partition coefficient (Wildman–Crippen LogP) is 3.91. The molecule has 0 aliphatic carbocycles. The van der Waals surface area contributed by atoms with E-state index in [0.717, 1.165) is 10.3 Å². The fraction of sp³-hybridized carbons (Fsp3) is 0.276. The number of aromatic nitrogens is 1. The van der Waals surface area contributed by atoms with Gasteiger partial charge in [-0.15, -0.1) is 11.3 Å². The number of Topliss-reactive ketones (excluding diaryl/α,β-unsaturated/α-hetero) is 1. The topological polar surface area (TPSA) is 145 Å². The largest absolute Gasteiger partial charge is 0.310 e. The van der Waals surface area contributed by atoms with Crippen LogP contribution in [0.2, 0.25) is 0 Å². The van der Waals surface area contributed by atoms with E-state index < -0.39 is 61.1 Å². The number of nitrogens with zero attached hydrogens (tertiary/aromatic N) is 2. The molecule has 0 aliphatic heterocycles. The minimum Gasteiger partial charge on any atom is -0.310 e. The zero-order valence-corrected chi connectivity index (χ0v) is 25.0. The van der Waals surface area contributed by atoms with Gasteiger partial charge in [-0.05, 0) is 36.1 Å². The van der Waals surface area contributed by atoms with Gasteiger partial charge in [-0.3, -0.25) is 9.59 Å². The van der Waals surface area contributed by atoms with E-state index in [4.69, 9.17) is 5.73 Å². The molecule has 1 amide bonds. The van der Waals surface area contributed by atoms with Crippen LogP contribution in [0.5, 0.6) is 0 Å². The maximum atomic E-state index is 14.0. The minimum absolute atomic E-state index is 0.180. The van der Waals surface area contributed by atoms with E-state index in [2.05, 4.69) is 4.98 Å². The van der Waals surface area contributed by atoms with Crippen molar-refractivity contribution in [1.82, 2.24) is 9.29 Å². The predicted molar refractivity (Wildman–Crippen MR) is 160 cm³/mol. The standard InChI is InChI=1S/C29H31N3O6S3/c1-20(15-22-9-5-3-6-10-22)28(30)32(41(37,38)24-13-14-27-25(16-24)31-19-39-27)29(34)21(2)17-40(35,36)18-26(33)23-11-7-4-8-12-23/h3-14,16,19-21,28H,15,17-18,30H2,1-2H3/t20-,21?,28-/m0/s1. The first-order valence-electron chi connectivity index (χ1n) is 12.9. The molecule has 4 aromatic rings. The average Bonchev–Trinajstić information content (AvgIpc) is 3.41. The fourth-order valence-electron chi connectivity index (χ4n) is 4.51. The molecule has 1 heterocycles. The monoisotopic (exact) mass is 613 g/mol. The van der Waals surface area contributed by atoms with Crippen LogP contribution in [0.15, 0.2) is 89.3 Å². The van der Waals surface area contributed by atoms with Gasteiger partial charge in [0.05, 0.1) is 38.5 Å². The number of benzene rings is 3. The molecule has 0 bridgehead atoms. The molecular formula is C29H31N3O6S3. The van der Waals surface area contributed by atoms with E-state index in [-0.39, 0.29) is 10.5 Å². The number of carbonyl (C=O) groups is 2. The summed E-state index contributed by atoms with van der Waals surface area (Å²) in [6, 6.07) is 21.6.